The SMILES string of the molecule is CN(C)c1ccc(N=C2C=CC(=O)c3ncccc32)cc1.CN(C)c1ccc(N=C2C=CC(=O)c3ncccc32)cc1.[Pt]. The number of hydrogen-bond acceptors (Lipinski definition) is 8. The maximum Gasteiger partial charge on any atom is 0.204 e. The Hall–Kier alpha value is -4.81. The maximum absolute atomic E-state index is 11.8. The van der Waals surface area contributed by atoms with Crippen LogP contribution in [-0.2, 0) is 21.1 Å². The molecule has 0 spiro atoms. The van der Waals surface area contributed by atoms with Gasteiger partial charge < -0.3 is 9.80 Å². The summed E-state index contributed by atoms with van der Waals surface area (Å²) in [4.78, 5) is 45.2. The van der Waals surface area contributed by atoms with Gasteiger partial charge in [0.05, 0.1) is 22.8 Å². The van der Waals surface area contributed by atoms with E-state index < -0.39 is 0 Å². The summed E-state index contributed by atoms with van der Waals surface area (Å²) in [5, 5.41) is 0. The number of aliphatic imine (C=N–C) groups is 2. The quantitative estimate of drug-likeness (QED) is 0.253. The van der Waals surface area contributed by atoms with Crippen LogP contribution in [0.2, 0.25) is 0 Å². The Labute approximate surface area is 265 Å². The Balaban J connectivity index is 0.000000192. The molecule has 0 amide bonds. The molecule has 6 rings (SSSR count). The van der Waals surface area contributed by atoms with Crippen molar-refractivity contribution in [1.82, 2.24) is 9.97 Å². The van der Waals surface area contributed by atoms with Gasteiger partial charge in [0.1, 0.15) is 11.4 Å². The van der Waals surface area contributed by atoms with Crippen molar-refractivity contribution < 1.29 is 30.7 Å². The van der Waals surface area contributed by atoms with Gasteiger partial charge in [-0.3, -0.25) is 19.6 Å². The van der Waals surface area contributed by atoms with Crippen LogP contribution in [0.4, 0.5) is 22.7 Å². The van der Waals surface area contributed by atoms with E-state index in [1.54, 1.807) is 24.5 Å². The molecule has 8 nitrogen and oxygen atoms in total. The van der Waals surface area contributed by atoms with Crippen LogP contribution in [0.25, 0.3) is 0 Å². The van der Waals surface area contributed by atoms with Crippen molar-refractivity contribution in [3.63, 3.8) is 0 Å². The van der Waals surface area contributed by atoms with E-state index in [9.17, 15) is 9.59 Å². The third-order valence-corrected chi connectivity index (χ3v) is 6.65. The van der Waals surface area contributed by atoms with Crippen molar-refractivity contribution >= 4 is 45.7 Å². The van der Waals surface area contributed by atoms with E-state index in [2.05, 4.69) is 20.0 Å². The summed E-state index contributed by atoms with van der Waals surface area (Å²) in [6.45, 7) is 0. The number of aromatic nitrogens is 2. The van der Waals surface area contributed by atoms with Crippen molar-refractivity contribution in [1.29, 1.82) is 0 Å². The second-order valence-electron chi connectivity index (χ2n) is 10.0. The van der Waals surface area contributed by atoms with Crippen LogP contribution in [0, 0.1) is 0 Å². The number of pyridine rings is 2. The number of ketones is 2. The number of rotatable bonds is 4. The van der Waals surface area contributed by atoms with Crippen LogP contribution < -0.4 is 9.80 Å². The molecule has 0 atom stereocenters. The first kappa shape index (κ1) is 31.1. The fourth-order valence-corrected chi connectivity index (χ4v) is 4.39. The van der Waals surface area contributed by atoms with Gasteiger partial charge in [-0.1, -0.05) is 0 Å². The fraction of sp³-hybridized carbons (Fsp3) is 0.118. The van der Waals surface area contributed by atoms with Gasteiger partial charge >= 0.3 is 0 Å². The molecule has 0 saturated heterocycles. The van der Waals surface area contributed by atoms with Crippen LogP contribution in [0.15, 0.2) is 119 Å². The number of carbonyl (C=O) groups excluding carboxylic acids is 2. The Morgan fingerprint density at radius 3 is 1.26 bits per heavy atom. The predicted octanol–water partition coefficient (Wildman–Crippen LogP) is 6.04. The molecule has 0 N–H and O–H groups in total. The summed E-state index contributed by atoms with van der Waals surface area (Å²) in [6.07, 6.45) is 9.77. The zero-order chi connectivity index (χ0) is 29.6. The molecular formula is C34H30N6O2Pt. The second kappa shape index (κ2) is 13.9. The molecule has 2 aliphatic rings. The van der Waals surface area contributed by atoms with Gasteiger partial charge in [-0.05, 0) is 97.1 Å². The Kier molecular flexibility index (Phi) is 10.1. The fourth-order valence-electron chi connectivity index (χ4n) is 4.39. The molecule has 218 valence electrons. The molecular weight excluding hydrogens is 719 g/mol. The van der Waals surface area contributed by atoms with Crippen molar-refractivity contribution in [2.75, 3.05) is 38.0 Å². The summed E-state index contributed by atoms with van der Waals surface area (Å²) in [5.74, 6) is -0.153. The van der Waals surface area contributed by atoms with Crippen molar-refractivity contribution in [2.45, 2.75) is 0 Å². The zero-order valence-corrected chi connectivity index (χ0v) is 26.5. The van der Waals surface area contributed by atoms with Gasteiger partial charge in [0, 0.05) is 84.2 Å². The van der Waals surface area contributed by atoms with Crippen molar-refractivity contribution in [3.8, 4) is 0 Å². The van der Waals surface area contributed by atoms with E-state index in [-0.39, 0.29) is 32.6 Å². The van der Waals surface area contributed by atoms with Crippen LogP contribution in [0.1, 0.15) is 32.1 Å². The van der Waals surface area contributed by atoms with E-state index in [4.69, 9.17) is 0 Å². The number of benzene rings is 2. The van der Waals surface area contributed by atoms with Crippen LogP contribution in [0.3, 0.4) is 0 Å². The summed E-state index contributed by atoms with van der Waals surface area (Å²) >= 11 is 0. The standard InChI is InChI=1S/2C17H15N3O.Pt/c2*1-20(2)13-7-5-12(6-8-13)19-15-9-10-16(21)17-14(15)4-3-11-18-17;/h2*3-11H,1-2H3;. The minimum Gasteiger partial charge on any atom is -0.378 e. The maximum atomic E-state index is 11.8. The van der Waals surface area contributed by atoms with E-state index >= 15 is 0 Å². The molecule has 43 heavy (non-hydrogen) atoms. The average molecular weight is 750 g/mol. The van der Waals surface area contributed by atoms with Crippen LogP contribution >= 0.6 is 0 Å². The third-order valence-electron chi connectivity index (χ3n) is 6.65. The minimum atomic E-state index is -0.0764. The molecule has 2 heterocycles. The van der Waals surface area contributed by atoms with Crippen molar-refractivity contribution in [3.05, 3.63) is 132 Å². The average Bonchev–Trinajstić information content (AvgIpc) is 3.01. The van der Waals surface area contributed by atoms with E-state index in [0.717, 1.165) is 45.3 Å². The van der Waals surface area contributed by atoms with Crippen LogP contribution in [-0.4, -0.2) is 61.1 Å². The number of nitrogens with zero attached hydrogens (tertiary/aromatic N) is 6. The molecule has 0 radical (unpaired) electrons. The number of fused-ring (bicyclic) bond motifs is 2. The minimum absolute atomic E-state index is 0. The first-order valence-electron chi connectivity index (χ1n) is 13.4. The molecule has 0 bridgehead atoms. The first-order valence-corrected chi connectivity index (χ1v) is 13.4. The van der Waals surface area contributed by atoms with Gasteiger partial charge in [0.25, 0.3) is 0 Å². The van der Waals surface area contributed by atoms with E-state index in [0.29, 0.717) is 11.4 Å². The predicted molar refractivity (Wildman–Crippen MR) is 169 cm³/mol. The molecule has 4 aromatic rings. The Bertz CT molecular complexity index is 1620. The topological polar surface area (TPSA) is 91.1 Å². The largest absolute Gasteiger partial charge is 0.378 e. The number of allylic oxidation sites excluding steroid dienone is 4. The summed E-state index contributed by atoms with van der Waals surface area (Å²) in [6, 6.07) is 23.3. The van der Waals surface area contributed by atoms with Crippen molar-refractivity contribution in [2.24, 2.45) is 9.98 Å². The summed E-state index contributed by atoms with van der Waals surface area (Å²) in [7, 11) is 7.99. The molecule has 2 aliphatic carbocycles. The molecule has 0 aliphatic heterocycles. The summed E-state index contributed by atoms with van der Waals surface area (Å²) in [5.41, 5.74) is 7.95. The Morgan fingerprint density at radius 1 is 0.535 bits per heavy atom. The monoisotopic (exact) mass is 749 g/mol. The van der Waals surface area contributed by atoms with E-state index in [1.165, 1.54) is 12.2 Å². The first-order chi connectivity index (χ1) is 20.3. The molecule has 2 aromatic heterocycles. The number of hydrogen-bond donors (Lipinski definition) is 0. The van der Waals surface area contributed by atoms with Gasteiger partial charge in [-0.25, -0.2) is 9.98 Å². The van der Waals surface area contributed by atoms with Gasteiger partial charge in [-0.2, -0.15) is 0 Å². The smallest absolute Gasteiger partial charge is 0.204 e. The molecule has 2 aromatic carbocycles. The number of carbonyl (C=O) groups is 2. The normalized spacial score (nSPS) is 14.8. The van der Waals surface area contributed by atoms with Crippen LogP contribution in [0.5, 0.6) is 0 Å². The zero-order valence-electron chi connectivity index (χ0n) is 24.2. The molecule has 0 fully saturated rings. The summed E-state index contributed by atoms with van der Waals surface area (Å²) < 4.78 is 0. The third kappa shape index (κ3) is 7.34. The van der Waals surface area contributed by atoms with Gasteiger partial charge in [0.15, 0.2) is 0 Å². The van der Waals surface area contributed by atoms with E-state index in [1.807, 2.05) is 111 Å². The molecule has 0 saturated carbocycles. The Morgan fingerprint density at radius 2 is 0.907 bits per heavy atom. The number of anilines is 2. The second-order valence-corrected chi connectivity index (χ2v) is 10.0. The van der Waals surface area contributed by atoms with Gasteiger partial charge in [-0.15, -0.1) is 0 Å². The van der Waals surface area contributed by atoms with Gasteiger partial charge in [0.2, 0.25) is 11.6 Å². The molecule has 9 heteroatoms. The molecule has 0 unspecified atom stereocenters.